The van der Waals surface area contributed by atoms with Crippen LogP contribution in [0.15, 0.2) is 36.7 Å². The molecule has 28 heavy (non-hydrogen) atoms. The van der Waals surface area contributed by atoms with Crippen molar-refractivity contribution in [1.29, 1.82) is 0 Å². The fraction of sp³-hybridized carbons (Fsp3) is 0.333. The first-order chi connectivity index (χ1) is 13.6. The zero-order chi connectivity index (χ0) is 19.3. The average molecular weight is 374 g/mol. The maximum Gasteiger partial charge on any atom is 0.214 e. The van der Waals surface area contributed by atoms with Crippen LogP contribution in [0, 0.1) is 5.92 Å². The summed E-state index contributed by atoms with van der Waals surface area (Å²) >= 11 is 0. The van der Waals surface area contributed by atoms with E-state index in [9.17, 15) is 0 Å². The Morgan fingerprint density at radius 2 is 2.04 bits per heavy atom. The predicted molar refractivity (Wildman–Crippen MR) is 109 cm³/mol. The highest BCUT2D eigenvalue weighted by molar-refractivity contribution is 5.99. The van der Waals surface area contributed by atoms with Gasteiger partial charge in [-0.05, 0) is 37.0 Å². The molecule has 0 atom stereocenters. The highest BCUT2D eigenvalue weighted by Gasteiger charge is 2.24. The largest absolute Gasteiger partial charge is 0.474 e. The minimum atomic E-state index is 0.337. The second-order valence-corrected chi connectivity index (χ2v) is 7.76. The second kappa shape index (κ2) is 6.44. The van der Waals surface area contributed by atoms with Crippen LogP contribution in [-0.2, 0) is 6.54 Å². The highest BCUT2D eigenvalue weighted by Crippen LogP contribution is 2.33. The van der Waals surface area contributed by atoms with Crippen LogP contribution in [0.25, 0.3) is 33.2 Å². The molecule has 0 unspecified atom stereocenters. The SMILES string of the molecule is CC(C)Cn1nc(-c2ccc3nc(OC4CC4)ccc3c2)c2c(N)ncnc21. The summed E-state index contributed by atoms with van der Waals surface area (Å²) in [5, 5.41) is 6.65. The van der Waals surface area contributed by atoms with E-state index in [1.54, 1.807) is 0 Å². The lowest BCUT2D eigenvalue weighted by atomic mass is 10.1. The summed E-state index contributed by atoms with van der Waals surface area (Å²) in [6.45, 7) is 5.07. The van der Waals surface area contributed by atoms with Crippen molar-refractivity contribution in [3.8, 4) is 17.1 Å². The molecule has 1 aromatic carbocycles. The number of hydrogen-bond donors (Lipinski definition) is 1. The molecule has 2 N–H and O–H groups in total. The van der Waals surface area contributed by atoms with Gasteiger partial charge in [0.05, 0.1) is 10.9 Å². The van der Waals surface area contributed by atoms with Gasteiger partial charge in [0.15, 0.2) is 5.65 Å². The normalized spacial score (nSPS) is 14.2. The molecular weight excluding hydrogens is 352 g/mol. The molecule has 3 heterocycles. The van der Waals surface area contributed by atoms with E-state index >= 15 is 0 Å². The van der Waals surface area contributed by atoms with Gasteiger partial charge in [-0.15, -0.1) is 0 Å². The van der Waals surface area contributed by atoms with Crippen molar-refractivity contribution >= 4 is 27.8 Å². The van der Waals surface area contributed by atoms with Crippen molar-refractivity contribution in [3.05, 3.63) is 36.7 Å². The second-order valence-electron chi connectivity index (χ2n) is 7.76. The van der Waals surface area contributed by atoms with Crippen LogP contribution in [0.2, 0.25) is 0 Å². The van der Waals surface area contributed by atoms with Crippen molar-refractivity contribution in [1.82, 2.24) is 24.7 Å². The number of ether oxygens (including phenoxy) is 1. The van der Waals surface area contributed by atoms with Crippen molar-refractivity contribution in [3.63, 3.8) is 0 Å². The van der Waals surface area contributed by atoms with Gasteiger partial charge >= 0.3 is 0 Å². The first kappa shape index (κ1) is 16.9. The van der Waals surface area contributed by atoms with E-state index in [-0.39, 0.29) is 0 Å². The van der Waals surface area contributed by atoms with E-state index in [1.807, 2.05) is 28.9 Å². The maximum atomic E-state index is 6.19. The summed E-state index contributed by atoms with van der Waals surface area (Å²) in [7, 11) is 0. The van der Waals surface area contributed by atoms with Gasteiger partial charge in [0.2, 0.25) is 5.88 Å². The molecule has 0 bridgehead atoms. The number of benzene rings is 1. The Balaban J connectivity index is 1.61. The molecule has 1 fully saturated rings. The third kappa shape index (κ3) is 3.02. The van der Waals surface area contributed by atoms with Gasteiger partial charge in [-0.2, -0.15) is 5.10 Å². The third-order valence-corrected chi connectivity index (χ3v) is 4.85. The van der Waals surface area contributed by atoms with E-state index in [0.29, 0.717) is 23.7 Å². The Kier molecular flexibility index (Phi) is 3.89. The predicted octanol–water partition coefficient (Wildman–Crippen LogP) is 3.82. The zero-order valence-corrected chi connectivity index (χ0v) is 16.0. The van der Waals surface area contributed by atoms with E-state index in [0.717, 1.165) is 52.6 Å². The monoisotopic (exact) mass is 374 g/mol. The number of nitrogen functional groups attached to an aromatic ring is 1. The summed E-state index contributed by atoms with van der Waals surface area (Å²) < 4.78 is 7.72. The van der Waals surface area contributed by atoms with Gasteiger partial charge in [0.25, 0.3) is 0 Å². The highest BCUT2D eigenvalue weighted by atomic mass is 16.5. The van der Waals surface area contributed by atoms with E-state index in [1.165, 1.54) is 6.33 Å². The number of aromatic nitrogens is 5. The fourth-order valence-electron chi connectivity index (χ4n) is 3.38. The third-order valence-electron chi connectivity index (χ3n) is 4.85. The Morgan fingerprint density at radius 3 is 2.82 bits per heavy atom. The number of fused-ring (bicyclic) bond motifs is 2. The van der Waals surface area contributed by atoms with Crippen molar-refractivity contribution in [2.45, 2.75) is 39.3 Å². The van der Waals surface area contributed by atoms with Gasteiger partial charge in [-0.1, -0.05) is 19.9 Å². The molecule has 0 radical (unpaired) electrons. The molecule has 7 heteroatoms. The Hall–Kier alpha value is -3.22. The average Bonchev–Trinajstić information content (AvgIpc) is 3.41. The molecule has 5 rings (SSSR count). The Bertz CT molecular complexity index is 1180. The van der Waals surface area contributed by atoms with Crippen LogP contribution in [0.3, 0.4) is 0 Å². The molecular formula is C21H22N6O. The van der Waals surface area contributed by atoms with Gasteiger partial charge < -0.3 is 10.5 Å². The van der Waals surface area contributed by atoms with Crippen molar-refractivity contribution < 1.29 is 4.74 Å². The van der Waals surface area contributed by atoms with Gasteiger partial charge in [0, 0.05) is 23.6 Å². The minimum Gasteiger partial charge on any atom is -0.474 e. The smallest absolute Gasteiger partial charge is 0.214 e. The molecule has 0 aliphatic heterocycles. The fourth-order valence-corrected chi connectivity index (χ4v) is 3.38. The van der Waals surface area contributed by atoms with Gasteiger partial charge in [-0.25, -0.2) is 19.6 Å². The standard InChI is InChI=1S/C21H22N6O/c1-12(2)10-27-21-18(20(22)23-11-24-21)19(26-27)14-3-7-16-13(9-14)4-8-17(25-16)28-15-5-6-15/h3-4,7-9,11-12,15H,5-6,10H2,1-2H3,(H2,22,23,24). The lowest BCUT2D eigenvalue weighted by Gasteiger charge is -2.06. The van der Waals surface area contributed by atoms with Crippen LogP contribution < -0.4 is 10.5 Å². The van der Waals surface area contributed by atoms with E-state index in [2.05, 4.69) is 34.9 Å². The minimum absolute atomic E-state index is 0.337. The molecule has 4 aromatic rings. The van der Waals surface area contributed by atoms with Gasteiger partial charge in [0.1, 0.15) is 23.9 Å². The topological polar surface area (TPSA) is 91.7 Å². The molecule has 1 aliphatic carbocycles. The maximum absolute atomic E-state index is 6.19. The van der Waals surface area contributed by atoms with Crippen LogP contribution in [0.5, 0.6) is 5.88 Å². The molecule has 1 saturated carbocycles. The first-order valence-corrected chi connectivity index (χ1v) is 9.63. The van der Waals surface area contributed by atoms with E-state index < -0.39 is 0 Å². The molecule has 0 spiro atoms. The number of anilines is 1. The number of hydrogen-bond acceptors (Lipinski definition) is 6. The number of rotatable bonds is 5. The summed E-state index contributed by atoms with van der Waals surface area (Å²) in [5.41, 5.74) is 9.63. The summed E-state index contributed by atoms with van der Waals surface area (Å²) in [6.07, 6.45) is 4.07. The summed E-state index contributed by atoms with van der Waals surface area (Å²) in [5.74, 6) is 1.58. The quantitative estimate of drug-likeness (QED) is 0.571. The summed E-state index contributed by atoms with van der Waals surface area (Å²) in [4.78, 5) is 13.2. The zero-order valence-electron chi connectivity index (χ0n) is 16.0. The van der Waals surface area contributed by atoms with Crippen LogP contribution >= 0.6 is 0 Å². The molecule has 0 saturated heterocycles. The molecule has 1 aliphatic rings. The summed E-state index contributed by atoms with van der Waals surface area (Å²) in [6, 6.07) is 10.1. The molecule has 3 aromatic heterocycles. The molecule has 142 valence electrons. The lowest BCUT2D eigenvalue weighted by molar-refractivity contribution is 0.292. The van der Waals surface area contributed by atoms with Crippen LogP contribution in [0.1, 0.15) is 26.7 Å². The van der Waals surface area contributed by atoms with Crippen LogP contribution in [-0.4, -0.2) is 30.8 Å². The molecule has 7 nitrogen and oxygen atoms in total. The van der Waals surface area contributed by atoms with Crippen molar-refractivity contribution in [2.24, 2.45) is 5.92 Å². The van der Waals surface area contributed by atoms with Crippen molar-refractivity contribution in [2.75, 3.05) is 5.73 Å². The number of nitrogens with two attached hydrogens (primary N) is 1. The molecule has 0 amide bonds. The Labute approximate surface area is 162 Å². The van der Waals surface area contributed by atoms with Gasteiger partial charge in [-0.3, -0.25) is 0 Å². The Morgan fingerprint density at radius 1 is 1.18 bits per heavy atom. The first-order valence-electron chi connectivity index (χ1n) is 9.63. The number of nitrogens with zero attached hydrogens (tertiary/aromatic N) is 5. The number of pyridine rings is 1. The van der Waals surface area contributed by atoms with E-state index in [4.69, 9.17) is 15.6 Å². The van der Waals surface area contributed by atoms with Crippen LogP contribution in [0.4, 0.5) is 5.82 Å². The lowest BCUT2D eigenvalue weighted by Crippen LogP contribution is -2.07.